The number of aryl methyl sites for hydroxylation is 1. The molecule has 2 aromatic heterocycles. The number of thiophene rings is 1. The van der Waals surface area contributed by atoms with Gasteiger partial charge in [-0.15, -0.1) is 0 Å². The molecule has 1 aromatic carbocycles. The molecule has 130 valence electrons. The first-order chi connectivity index (χ1) is 11.9. The highest BCUT2D eigenvalue weighted by atomic mass is 35.5. The van der Waals surface area contributed by atoms with Crippen molar-refractivity contribution in [3.05, 3.63) is 68.5 Å². The lowest BCUT2D eigenvalue weighted by atomic mass is 10.1. The molecule has 0 aliphatic carbocycles. The molecule has 2 heterocycles. The van der Waals surface area contributed by atoms with Crippen LogP contribution in [0.5, 0.6) is 0 Å². The molecule has 3 rings (SSSR count). The van der Waals surface area contributed by atoms with Gasteiger partial charge in [0, 0.05) is 28.7 Å². The van der Waals surface area contributed by atoms with Crippen LogP contribution in [-0.4, -0.2) is 13.4 Å². The molecule has 0 spiro atoms. The zero-order valence-electron chi connectivity index (χ0n) is 13.2. The largest absolute Gasteiger partial charge is 0.256 e. The first-order valence-electron chi connectivity index (χ1n) is 7.29. The summed E-state index contributed by atoms with van der Waals surface area (Å²) in [6, 6.07) is 8.51. The van der Waals surface area contributed by atoms with Crippen LogP contribution < -0.4 is 4.72 Å². The standard InChI is InChI=1S/C17H14Cl2N2O2S2/c1-11-6-17(15(19)8-14(11)18)25(22,23)21-9-12-2-4-20-16(7-12)13-3-5-24-10-13/h2-8,10,21H,9H2,1H3. The van der Waals surface area contributed by atoms with Crippen molar-refractivity contribution >= 4 is 44.6 Å². The Balaban J connectivity index is 1.81. The normalized spacial score (nSPS) is 11.6. The van der Waals surface area contributed by atoms with E-state index in [4.69, 9.17) is 23.2 Å². The van der Waals surface area contributed by atoms with Gasteiger partial charge in [0.2, 0.25) is 10.0 Å². The molecule has 0 aliphatic rings. The summed E-state index contributed by atoms with van der Waals surface area (Å²) in [5, 5.41) is 4.49. The summed E-state index contributed by atoms with van der Waals surface area (Å²) in [4.78, 5) is 4.33. The van der Waals surface area contributed by atoms with Crippen molar-refractivity contribution in [2.75, 3.05) is 0 Å². The molecule has 0 atom stereocenters. The van der Waals surface area contributed by atoms with E-state index in [1.165, 1.54) is 12.1 Å². The Morgan fingerprint density at radius 1 is 1.16 bits per heavy atom. The Morgan fingerprint density at radius 2 is 1.96 bits per heavy atom. The van der Waals surface area contributed by atoms with Gasteiger partial charge < -0.3 is 0 Å². The monoisotopic (exact) mass is 412 g/mol. The fourth-order valence-electron chi connectivity index (χ4n) is 2.25. The van der Waals surface area contributed by atoms with Gasteiger partial charge in [0.05, 0.1) is 10.7 Å². The summed E-state index contributed by atoms with van der Waals surface area (Å²) < 4.78 is 27.7. The molecule has 0 unspecified atom stereocenters. The molecule has 25 heavy (non-hydrogen) atoms. The van der Waals surface area contributed by atoms with E-state index in [1.54, 1.807) is 30.5 Å². The van der Waals surface area contributed by atoms with Crippen LogP contribution in [-0.2, 0) is 16.6 Å². The summed E-state index contributed by atoms with van der Waals surface area (Å²) >= 11 is 13.6. The molecule has 3 aromatic rings. The molecule has 8 heteroatoms. The quantitative estimate of drug-likeness (QED) is 0.647. The second-order valence-electron chi connectivity index (χ2n) is 5.42. The zero-order valence-corrected chi connectivity index (χ0v) is 16.3. The van der Waals surface area contributed by atoms with Crippen molar-refractivity contribution in [3.8, 4) is 11.3 Å². The van der Waals surface area contributed by atoms with Gasteiger partial charge in [-0.3, -0.25) is 4.98 Å². The fraction of sp³-hybridized carbons (Fsp3) is 0.118. The van der Waals surface area contributed by atoms with Gasteiger partial charge in [0.1, 0.15) is 4.90 Å². The maximum atomic E-state index is 12.6. The van der Waals surface area contributed by atoms with E-state index in [9.17, 15) is 8.42 Å². The van der Waals surface area contributed by atoms with Crippen LogP contribution >= 0.6 is 34.5 Å². The number of rotatable bonds is 5. The van der Waals surface area contributed by atoms with Crippen LogP contribution in [0.15, 0.2) is 52.2 Å². The lowest BCUT2D eigenvalue weighted by Gasteiger charge is -2.10. The highest BCUT2D eigenvalue weighted by Gasteiger charge is 2.19. The van der Waals surface area contributed by atoms with Crippen molar-refractivity contribution < 1.29 is 8.42 Å². The highest BCUT2D eigenvalue weighted by Crippen LogP contribution is 2.28. The highest BCUT2D eigenvalue weighted by molar-refractivity contribution is 7.89. The number of nitrogens with one attached hydrogen (secondary N) is 1. The molecule has 4 nitrogen and oxygen atoms in total. The number of hydrogen-bond acceptors (Lipinski definition) is 4. The van der Waals surface area contributed by atoms with Crippen LogP contribution in [0.1, 0.15) is 11.1 Å². The Kier molecular flexibility index (Phi) is 5.46. The number of halogens is 2. The lowest BCUT2D eigenvalue weighted by Crippen LogP contribution is -2.23. The van der Waals surface area contributed by atoms with Gasteiger partial charge in [-0.25, -0.2) is 13.1 Å². The average molecular weight is 413 g/mol. The van der Waals surface area contributed by atoms with Crippen LogP contribution in [0.25, 0.3) is 11.3 Å². The molecular weight excluding hydrogens is 399 g/mol. The van der Waals surface area contributed by atoms with Gasteiger partial charge in [-0.1, -0.05) is 23.2 Å². The second kappa shape index (κ2) is 7.43. The maximum Gasteiger partial charge on any atom is 0.242 e. The Bertz CT molecular complexity index is 1000. The van der Waals surface area contributed by atoms with E-state index < -0.39 is 10.0 Å². The third kappa shape index (κ3) is 4.22. The Morgan fingerprint density at radius 3 is 2.68 bits per heavy atom. The van der Waals surface area contributed by atoms with E-state index >= 15 is 0 Å². The van der Waals surface area contributed by atoms with E-state index in [0.717, 1.165) is 16.8 Å². The summed E-state index contributed by atoms with van der Waals surface area (Å²) in [5.74, 6) is 0. The summed E-state index contributed by atoms with van der Waals surface area (Å²) in [6.45, 7) is 1.87. The third-order valence-electron chi connectivity index (χ3n) is 3.61. The lowest BCUT2D eigenvalue weighted by molar-refractivity contribution is 0.581. The second-order valence-corrected chi connectivity index (χ2v) is 8.75. The number of sulfonamides is 1. The molecule has 0 bridgehead atoms. The SMILES string of the molecule is Cc1cc(S(=O)(=O)NCc2ccnc(-c3ccsc3)c2)c(Cl)cc1Cl. The fourth-order valence-corrected chi connectivity index (χ4v) is 4.74. The first kappa shape index (κ1) is 18.4. The minimum Gasteiger partial charge on any atom is -0.256 e. The molecule has 0 saturated carbocycles. The van der Waals surface area contributed by atoms with E-state index in [0.29, 0.717) is 10.6 Å². The first-order valence-corrected chi connectivity index (χ1v) is 10.5. The van der Waals surface area contributed by atoms with E-state index in [-0.39, 0.29) is 16.5 Å². The third-order valence-corrected chi connectivity index (χ3v) is 6.57. The number of nitrogens with zero attached hydrogens (tertiary/aromatic N) is 1. The molecule has 0 amide bonds. The predicted octanol–water partition coefficient (Wildman–Crippen LogP) is 4.90. The Labute approximate surface area is 160 Å². The van der Waals surface area contributed by atoms with Crippen molar-refractivity contribution in [2.24, 2.45) is 0 Å². The number of benzene rings is 1. The van der Waals surface area contributed by atoms with Gasteiger partial charge in [0.15, 0.2) is 0 Å². The van der Waals surface area contributed by atoms with Gasteiger partial charge in [0.25, 0.3) is 0 Å². The van der Waals surface area contributed by atoms with Crippen molar-refractivity contribution in [2.45, 2.75) is 18.4 Å². The number of hydrogen-bond donors (Lipinski definition) is 1. The molecular formula is C17H14Cl2N2O2S2. The summed E-state index contributed by atoms with van der Waals surface area (Å²) in [6.07, 6.45) is 1.66. The van der Waals surface area contributed by atoms with Crippen molar-refractivity contribution in [1.29, 1.82) is 0 Å². The van der Waals surface area contributed by atoms with Crippen LogP contribution in [0.2, 0.25) is 10.0 Å². The molecule has 0 saturated heterocycles. The van der Waals surface area contributed by atoms with Crippen LogP contribution in [0.3, 0.4) is 0 Å². The number of pyridine rings is 1. The molecule has 0 aliphatic heterocycles. The minimum absolute atomic E-state index is 0.0168. The predicted molar refractivity (Wildman–Crippen MR) is 103 cm³/mol. The number of aromatic nitrogens is 1. The maximum absolute atomic E-state index is 12.6. The molecule has 1 N–H and O–H groups in total. The minimum atomic E-state index is -3.75. The van der Waals surface area contributed by atoms with E-state index in [2.05, 4.69) is 9.71 Å². The Hall–Kier alpha value is -1.44. The summed E-state index contributed by atoms with van der Waals surface area (Å²) in [7, 11) is -3.75. The molecule has 0 fully saturated rings. The van der Waals surface area contributed by atoms with Crippen LogP contribution in [0, 0.1) is 6.92 Å². The van der Waals surface area contributed by atoms with Crippen molar-refractivity contribution in [3.63, 3.8) is 0 Å². The van der Waals surface area contributed by atoms with Gasteiger partial charge in [-0.2, -0.15) is 11.3 Å². The van der Waals surface area contributed by atoms with Crippen LogP contribution in [0.4, 0.5) is 0 Å². The van der Waals surface area contributed by atoms with Gasteiger partial charge >= 0.3 is 0 Å². The summed E-state index contributed by atoms with van der Waals surface area (Å²) in [5.41, 5.74) is 3.26. The molecule has 0 radical (unpaired) electrons. The zero-order chi connectivity index (χ0) is 18.0. The van der Waals surface area contributed by atoms with Crippen molar-refractivity contribution in [1.82, 2.24) is 9.71 Å². The smallest absolute Gasteiger partial charge is 0.242 e. The average Bonchev–Trinajstić information content (AvgIpc) is 3.11. The van der Waals surface area contributed by atoms with Gasteiger partial charge in [-0.05, 0) is 53.8 Å². The van der Waals surface area contributed by atoms with E-state index in [1.807, 2.05) is 22.9 Å². The topological polar surface area (TPSA) is 59.1 Å².